The lowest BCUT2D eigenvalue weighted by Gasteiger charge is -2.44. The zero-order chi connectivity index (χ0) is 17.0. The van der Waals surface area contributed by atoms with Gasteiger partial charge < -0.3 is 50.6 Å². The molecular weight excluding hydrogens is 368 g/mol. The molecule has 0 aromatic heterocycles. The molecule has 18 heteroatoms. The van der Waals surface area contributed by atoms with Gasteiger partial charge in [-0.3, -0.25) is 18.3 Å². The van der Waals surface area contributed by atoms with Gasteiger partial charge in [-0.25, -0.2) is 0 Å². The van der Waals surface area contributed by atoms with Gasteiger partial charge in [0.2, 0.25) is 0 Å². The summed E-state index contributed by atoms with van der Waals surface area (Å²) in [4.78, 5) is 70.9. The predicted molar refractivity (Wildman–Crippen MR) is 62.0 cm³/mol. The molecule has 0 saturated carbocycles. The maximum absolute atomic E-state index is 11.2. The van der Waals surface area contributed by atoms with Crippen LogP contribution in [0.2, 0.25) is 0 Å². The molecule has 0 atom stereocenters. The van der Waals surface area contributed by atoms with Crippen LogP contribution in [0.4, 0.5) is 0 Å². The highest BCUT2D eigenvalue weighted by Gasteiger charge is 2.81. The van der Waals surface area contributed by atoms with Gasteiger partial charge in [0.25, 0.3) is 10.0 Å². The molecular formula is C2H12N2O12P4. The van der Waals surface area contributed by atoms with Gasteiger partial charge in [0, 0.05) is 0 Å². The van der Waals surface area contributed by atoms with Crippen LogP contribution in [0.1, 0.15) is 0 Å². The summed E-state index contributed by atoms with van der Waals surface area (Å²) in [6.45, 7) is 0. The molecule has 0 radical (unpaired) electrons. The molecule has 0 aromatic rings. The second-order valence-corrected chi connectivity index (χ2v) is 11.5. The van der Waals surface area contributed by atoms with Gasteiger partial charge >= 0.3 is 30.4 Å². The molecule has 0 aliphatic rings. The van der Waals surface area contributed by atoms with Gasteiger partial charge in [0.05, 0.1) is 0 Å². The Bertz CT molecular complexity index is 476. The van der Waals surface area contributed by atoms with Crippen molar-refractivity contribution in [3.63, 3.8) is 0 Å². The quantitative estimate of drug-likeness (QED) is 0.212. The number of rotatable bonds is 5. The molecule has 0 saturated heterocycles. The van der Waals surface area contributed by atoms with Gasteiger partial charge in [0.1, 0.15) is 0 Å². The molecule has 122 valence electrons. The van der Waals surface area contributed by atoms with Crippen LogP contribution >= 0.6 is 30.4 Å². The molecule has 0 unspecified atom stereocenters. The van der Waals surface area contributed by atoms with Crippen molar-refractivity contribution in [2.45, 2.75) is 10.0 Å². The van der Waals surface area contributed by atoms with Crippen molar-refractivity contribution in [3.8, 4) is 0 Å². The Kier molecular flexibility index (Phi) is 5.15. The molecule has 0 aromatic carbocycles. The minimum absolute atomic E-state index is 4.67. The van der Waals surface area contributed by atoms with E-state index in [0.717, 1.165) is 0 Å². The summed E-state index contributed by atoms with van der Waals surface area (Å²) in [7, 11) is -25.7. The van der Waals surface area contributed by atoms with Crippen molar-refractivity contribution >= 4 is 30.4 Å². The predicted octanol–water partition coefficient (Wildman–Crippen LogP) is -3.08. The number of nitrogens with two attached hydrogens (primary N) is 2. The van der Waals surface area contributed by atoms with E-state index in [1.165, 1.54) is 0 Å². The van der Waals surface area contributed by atoms with Gasteiger partial charge in [0.15, 0.2) is 0 Å². The van der Waals surface area contributed by atoms with Gasteiger partial charge in [-0.05, 0) is 0 Å². The Morgan fingerprint density at radius 3 is 0.650 bits per heavy atom. The van der Waals surface area contributed by atoms with Crippen molar-refractivity contribution in [2.24, 2.45) is 11.5 Å². The van der Waals surface area contributed by atoms with E-state index < -0.39 is 40.4 Å². The lowest BCUT2D eigenvalue weighted by Crippen LogP contribution is -2.64. The summed E-state index contributed by atoms with van der Waals surface area (Å²) >= 11 is 0. The van der Waals surface area contributed by atoms with E-state index in [0.29, 0.717) is 0 Å². The lowest BCUT2D eigenvalue weighted by atomic mass is 10.6. The van der Waals surface area contributed by atoms with Crippen LogP contribution in [0.15, 0.2) is 0 Å². The van der Waals surface area contributed by atoms with Gasteiger partial charge in [-0.15, -0.1) is 0 Å². The third-order valence-corrected chi connectivity index (χ3v) is 11.1. The highest BCUT2D eigenvalue weighted by molar-refractivity contribution is 7.80. The maximum atomic E-state index is 11.2. The zero-order valence-corrected chi connectivity index (χ0v) is 12.7. The van der Waals surface area contributed by atoms with Crippen LogP contribution in [0, 0.1) is 0 Å². The summed E-state index contributed by atoms with van der Waals surface area (Å²) in [6, 6.07) is 0. The molecule has 0 amide bonds. The molecule has 0 spiro atoms. The average Bonchev–Trinajstić information content (AvgIpc) is 2.07. The van der Waals surface area contributed by atoms with Crippen molar-refractivity contribution in [1.82, 2.24) is 0 Å². The standard InChI is InChI=1S/C2H12N2O12P4/c3-1(17(5,6)7,18(8,9)10)2(4,19(11,12)13)20(14,15)16/h3-4H2,(H2,5,6,7)(H2,8,9,10)(H2,11,12,13)(H2,14,15,16). The monoisotopic (exact) mass is 380 g/mol. The normalized spacial score (nSPS) is 16.3. The second-order valence-electron chi connectivity index (χ2n) is 3.63. The fourth-order valence-electron chi connectivity index (χ4n) is 1.20. The Morgan fingerprint density at radius 1 is 0.500 bits per heavy atom. The Balaban J connectivity index is 7.07. The first-order valence-corrected chi connectivity index (χ1v) is 10.5. The van der Waals surface area contributed by atoms with Crippen molar-refractivity contribution in [3.05, 3.63) is 0 Å². The van der Waals surface area contributed by atoms with Gasteiger partial charge in [-0.2, -0.15) is 0 Å². The van der Waals surface area contributed by atoms with E-state index in [4.69, 9.17) is 39.1 Å². The summed E-state index contributed by atoms with van der Waals surface area (Å²) in [5.74, 6) is 0. The largest absolute Gasteiger partial charge is 0.361 e. The van der Waals surface area contributed by atoms with Crippen LogP contribution in [0.3, 0.4) is 0 Å². The third kappa shape index (κ3) is 2.74. The highest BCUT2D eigenvalue weighted by Crippen LogP contribution is 2.82. The molecule has 0 fully saturated rings. The van der Waals surface area contributed by atoms with Crippen molar-refractivity contribution in [1.29, 1.82) is 0 Å². The smallest absolute Gasteiger partial charge is 0.323 e. The highest BCUT2D eigenvalue weighted by atomic mass is 31.3. The summed E-state index contributed by atoms with van der Waals surface area (Å²) in [5, 5.41) is -9.43. The third-order valence-electron chi connectivity index (χ3n) is 2.32. The topological polar surface area (TPSA) is 282 Å². The molecule has 14 nitrogen and oxygen atoms in total. The molecule has 0 aliphatic heterocycles. The van der Waals surface area contributed by atoms with Crippen LogP contribution in [0.5, 0.6) is 0 Å². The molecule has 12 N–H and O–H groups in total. The fourth-order valence-corrected chi connectivity index (χ4v) is 8.75. The van der Waals surface area contributed by atoms with Crippen molar-refractivity contribution in [2.75, 3.05) is 0 Å². The maximum Gasteiger partial charge on any atom is 0.361 e. The summed E-state index contributed by atoms with van der Waals surface area (Å²) in [6.07, 6.45) is 0. The Morgan fingerprint density at radius 2 is 0.600 bits per heavy atom. The molecule has 20 heavy (non-hydrogen) atoms. The van der Waals surface area contributed by atoms with Crippen LogP contribution in [0.25, 0.3) is 0 Å². The van der Waals surface area contributed by atoms with Gasteiger partial charge in [-0.1, -0.05) is 0 Å². The molecule has 0 rings (SSSR count). The van der Waals surface area contributed by atoms with E-state index >= 15 is 0 Å². The van der Waals surface area contributed by atoms with E-state index in [2.05, 4.69) is 11.5 Å². The SMILES string of the molecule is NC(C(N)(P(=O)(O)O)P(=O)(O)O)(P(=O)(O)O)P(=O)(O)O. The lowest BCUT2D eigenvalue weighted by molar-refractivity contribution is 0.251. The minimum atomic E-state index is -6.42. The van der Waals surface area contributed by atoms with E-state index in [1.54, 1.807) is 0 Å². The van der Waals surface area contributed by atoms with Crippen LogP contribution < -0.4 is 11.5 Å². The summed E-state index contributed by atoms with van der Waals surface area (Å²) in [5.41, 5.74) is 9.33. The van der Waals surface area contributed by atoms with E-state index in [-0.39, 0.29) is 0 Å². The average molecular weight is 380 g/mol. The molecule has 0 aliphatic carbocycles. The van der Waals surface area contributed by atoms with Crippen LogP contribution in [-0.4, -0.2) is 49.2 Å². The van der Waals surface area contributed by atoms with Crippen LogP contribution in [-0.2, 0) is 18.3 Å². The minimum Gasteiger partial charge on any atom is -0.323 e. The number of hydrogen-bond donors (Lipinski definition) is 10. The van der Waals surface area contributed by atoms with Crippen molar-refractivity contribution < 1.29 is 57.4 Å². The fraction of sp³-hybridized carbons (Fsp3) is 1.00. The van der Waals surface area contributed by atoms with E-state index in [9.17, 15) is 18.3 Å². The molecule has 0 bridgehead atoms. The Labute approximate surface area is 110 Å². The first-order chi connectivity index (χ1) is 8.25. The van der Waals surface area contributed by atoms with E-state index in [1.807, 2.05) is 0 Å². The first kappa shape index (κ1) is 20.5. The summed E-state index contributed by atoms with van der Waals surface area (Å²) < 4.78 is 44.6. The zero-order valence-electron chi connectivity index (χ0n) is 9.15. The Hall–Kier alpha value is 0.520. The number of hydrogen-bond acceptors (Lipinski definition) is 6. The second kappa shape index (κ2) is 5.02. The molecule has 0 heterocycles. The first-order valence-electron chi connectivity index (χ1n) is 4.05.